The highest BCUT2D eigenvalue weighted by atomic mass is 79.9. The van der Waals surface area contributed by atoms with Gasteiger partial charge < -0.3 is 5.32 Å². The van der Waals surface area contributed by atoms with Gasteiger partial charge in [-0.1, -0.05) is 23.2 Å². The van der Waals surface area contributed by atoms with Crippen LogP contribution in [0, 0.1) is 0 Å². The van der Waals surface area contributed by atoms with Crippen molar-refractivity contribution >= 4 is 72.6 Å². The fraction of sp³-hybridized carbons (Fsp3) is 0.105. The standard InChI is InChI=1S/C19H15Br2Cl2N5O3/c1-27(26-31-2)19(30)12-7-11(22)8-13(21)16(12)25-18(29)15-6-10(20)9-28(15)17-14(23)4-3-5-24-17/h3-9,26H,1-2H3,(H,25,29). The van der Waals surface area contributed by atoms with Gasteiger partial charge >= 0.3 is 0 Å². The largest absolute Gasteiger partial charge is 0.319 e. The van der Waals surface area contributed by atoms with E-state index in [0.717, 1.165) is 5.01 Å². The summed E-state index contributed by atoms with van der Waals surface area (Å²) < 4.78 is 2.62. The molecule has 31 heavy (non-hydrogen) atoms. The van der Waals surface area contributed by atoms with Crippen molar-refractivity contribution < 1.29 is 14.4 Å². The summed E-state index contributed by atoms with van der Waals surface area (Å²) in [5, 5.41) is 4.56. The van der Waals surface area contributed by atoms with E-state index < -0.39 is 11.8 Å². The van der Waals surface area contributed by atoms with Crippen LogP contribution in [0.25, 0.3) is 5.82 Å². The fourth-order valence-electron chi connectivity index (χ4n) is 2.74. The van der Waals surface area contributed by atoms with Crippen LogP contribution in [0.5, 0.6) is 0 Å². The Hall–Kier alpha value is -1.95. The van der Waals surface area contributed by atoms with Crippen LogP contribution in [-0.4, -0.2) is 40.5 Å². The maximum atomic E-state index is 13.2. The number of aromatic nitrogens is 2. The molecule has 0 spiro atoms. The summed E-state index contributed by atoms with van der Waals surface area (Å²) in [6.07, 6.45) is 3.24. The van der Waals surface area contributed by atoms with Gasteiger partial charge in [0.1, 0.15) is 5.69 Å². The van der Waals surface area contributed by atoms with Crippen LogP contribution in [0.3, 0.4) is 0 Å². The topological polar surface area (TPSA) is 88.5 Å². The number of halogens is 4. The first-order valence-corrected chi connectivity index (χ1v) is 10.9. The van der Waals surface area contributed by atoms with E-state index in [0.29, 0.717) is 24.8 Å². The van der Waals surface area contributed by atoms with Crippen molar-refractivity contribution in [3.05, 3.63) is 73.0 Å². The zero-order chi connectivity index (χ0) is 22.7. The van der Waals surface area contributed by atoms with Crippen LogP contribution in [0.4, 0.5) is 5.69 Å². The van der Waals surface area contributed by atoms with Gasteiger partial charge in [-0.3, -0.25) is 24.0 Å². The van der Waals surface area contributed by atoms with E-state index in [9.17, 15) is 9.59 Å². The molecular weight excluding hydrogens is 577 g/mol. The molecule has 0 aliphatic heterocycles. The third-order valence-corrected chi connectivity index (χ3v) is 5.62. The minimum absolute atomic E-state index is 0.146. The Kier molecular flexibility index (Phi) is 7.73. The molecule has 0 atom stereocenters. The third kappa shape index (κ3) is 5.28. The highest BCUT2D eigenvalue weighted by molar-refractivity contribution is 9.10. The molecule has 8 nitrogen and oxygen atoms in total. The first-order chi connectivity index (χ1) is 14.7. The molecule has 0 aliphatic carbocycles. The number of benzene rings is 1. The van der Waals surface area contributed by atoms with Gasteiger partial charge in [-0.05, 0) is 62.2 Å². The molecule has 2 N–H and O–H groups in total. The number of hydrazine groups is 1. The Labute approximate surface area is 204 Å². The van der Waals surface area contributed by atoms with Gasteiger partial charge in [-0.2, -0.15) is 0 Å². The number of anilines is 1. The molecule has 0 radical (unpaired) electrons. The molecule has 0 saturated heterocycles. The van der Waals surface area contributed by atoms with Crippen molar-refractivity contribution in [3.63, 3.8) is 0 Å². The third-order valence-electron chi connectivity index (χ3n) is 4.04. The molecule has 12 heteroatoms. The molecular formula is C19H15Br2Cl2N5O3. The minimum atomic E-state index is -0.494. The first kappa shape index (κ1) is 23.7. The average Bonchev–Trinajstić information content (AvgIpc) is 3.11. The summed E-state index contributed by atoms with van der Waals surface area (Å²) in [5.41, 5.74) is 3.04. The molecule has 2 amide bonds. The van der Waals surface area contributed by atoms with Crippen molar-refractivity contribution in [2.75, 3.05) is 19.5 Å². The zero-order valence-electron chi connectivity index (χ0n) is 16.1. The molecule has 0 aliphatic rings. The molecule has 0 saturated carbocycles. The van der Waals surface area contributed by atoms with Crippen molar-refractivity contribution in [2.24, 2.45) is 0 Å². The van der Waals surface area contributed by atoms with Gasteiger partial charge in [-0.15, -0.1) is 5.59 Å². The average molecular weight is 592 g/mol. The Morgan fingerprint density at radius 3 is 2.65 bits per heavy atom. The summed E-state index contributed by atoms with van der Waals surface area (Å²) in [5.74, 6) is -0.591. The zero-order valence-corrected chi connectivity index (χ0v) is 20.8. The number of pyridine rings is 1. The Bertz CT molecular complexity index is 1160. The highest BCUT2D eigenvalue weighted by Gasteiger charge is 2.23. The van der Waals surface area contributed by atoms with Crippen LogP contribution in [0.2, 0.25) is 10.0 Å². The van der Waals surface area contributed by atoms with E-state index in [1.54, 1.807) is 41.2 Å². The molecule has 0 bridgehead atoms. The number of amides is 2. The lowest BCUT2D eigenvalue weighted by molar-refractivity contribution is -0.0281. The van der Waals surface area contributed by atoms with Crippen LogP contribution < -0.4 is 10.9 Å². The van der Waals surface area contributed by atoms with E-state index in [1.807, 2.05) is 0 Å². The van der Waals surface area contributed by atoms with Crippen molar-refractivity contribution in [3.8, 4) is 5.82 Å². The van der Waals surface area contributed by atoms with Crippen molar-refractivity contribution in [1.29, 1.82) is 0 Å². The lowest BCUT2D eigenvalue weighted by Crippen LogP contribution is -2.39. The van der Waals surface area contributed by atoms with Gasteiger partial charge in [-0.25, -0.2) is 4.98 Å². The summed E-state index contributed by atoms with van der Waals surface area (Å²) in [6, 6.07) is 8.00. The predicted octanol–water partition coefficient (Wildman–Crippen LogP) is 5.09. The van der Waals surface area contributed by atoms with Crippen LogP contribution >= 0.6 is 55.1 Å². The van der Waals surface area contributed by atoms with E-state index in [4.69, 9.17) is 28.0 Å². The number of carbonyl (C=O) groups excluding carboxylic acids is 2. The van der Waals surface area contributed by atoms with E-state index in [2.05, 4.69) is 47.7 Å². The second kappa shape index (κ2) is 10.1. The Morgan fingerprint density at radius 1 is 1.23 bits per heavy atom. The molecule has 2 heterocycles. The van der Waals surface area contributed by atoms with E-state index in [1.165, 1.54) is 20.2 Å². The summed E-state index contributed by atoms with van der Waals surface area (Å²) in [4.78, 5) is 35.0. The van der Waals surface area contributed by atoms with Crippen molar-refractivity contribution in [2.45, 2.75) is 0 Å². The number of carbonyl (C=O) groups is 2. The molecule has 1 aromatic carbocycles. The quantitative estimate of drug-likeness (QED) is 0.390. The fourth-order valence-corrected chi connectivity index (χ4v) is 4.28. The summed E-state index contributed by atoms with van der Waals surface area (Å²) >= 11 is 19.1. The number of nitrogens with zero attached hydrogens (tertiary/aromatic N) is 3. The van der Waals surface area contributed by atoms with E-state index in [-0.39, 0.29) is 16.9 Å². The van der Waals surface area contributed by atoms with Crippen LogP contribution in [-0.2, 0) is 4.84 Å². The molecule has 162 valence electrons. The van der Waals surface area contributed by atoms with Gasteiger partial charge in [0.25, 0.3) is 11.8 Å². The van der Waals surface area contributed by atoms with Crippen LogP contribution in [0.15, 0.2) is 51.7 Å². The smallest absolute Gasteiger partial charge is 0.272 e. The molecule has 0 fully saturated rings. The van der Waals surface area contributed by atoms with Gasteiger partial charge in [0.15, 0.2) is 5.82 Å². The lowest BCUT2D eigenvalue weighted by Gasteiger charge is -2.20. The van der Waals surface area contributed by atoms with Crippen molar-refractivity contribution in [1.82, 2.24) is 20.1 Å². The maximum absolute atomic E-state index is 13.2. The second-order valence-corrected chi connectivity index (χ2v) is 8.76. The normalized spacial score (nSPS) is 10.8. The summed E-state index contributed by atoms with van der Waals surface area (Å²) in [6.45, 7) is 0. The molecule has 3 rings (SSSR count). The van der Waals surface area contributed by atoms with Gasteiger partial charge in [0.05, 0.1) is 23.4 Å². The molecule has 0 unspecified atom stereocenters. The molecule has 3 aromatic rings. The maximum Gasteiger partial charge on any atom is 0.272 e. The van der Waals surface area contributed by atoms with E-state index >= 15 is 0 Å². The number of rotatable bonds is 6. The molecule has 2 aromatic heterocycles. The van der Waals surface area contributed by atoms with Gasteiger partial charge in [0, 0.05) is 33.4 Å². The van der Waals surface area contributed by atoms with Gasteiger partial charge in [0.2, 0.25) is 0 Å². The predicted molar refractivity (Wildman–Crippen MR) is 126 cm³/mol. The first-order valence-electron chi connectivity index (χ1n) is 8.58. The highest BCUT2D eigenvalue weighted by Crippen LogP contribution is 2.32. The second-order valence-electron chi connectivity index (χ2n) is 6.15. The Balaban J connectivity index is 2.02. The number of hydrogen-bond acceptors (Lipinski definition) is 5. The number of hydrogen-bond donors (Lipinski definition) is 2. The monoisotopic (exact) mass is 589 g/mol. The lowest BCUT2D eigenvalue weighted by atomic mass is 10.1. The summed E-state index contributed by atoms with van der Waals surface area (Å²) in [7, 11) is 2.84. The Morgan fingerprint density at radius 2 is 1.97 bits per heavy atom. The minimum Gasteiger partial charge on any atom is -0.319 e. The SMILES string of the molecule is CONN(C)C(=O)c1cc(Cl)cc(Br)c1NC(=O)c1cc(Br)cn1-c1ncccc1Cl. The van der Waals surface area contributed by atoms with Crippen LogP contribution in [0.1, 0.15) is 20.8 Å². The number of nitrogens with one attached hydrogen (secondary N) is 2.